The molecule has 1 aromatic carbocycles. The molecule has 0 saturated heterocycles. The van der Waals surface area contributed by atoms with E-state index >= 15 is 0 Å². The van der Waals surface area contributed by atoms with E-state index in [0.29, 0.717) is 23.6 Å². The van der Waals surface area contributed by atoms with Crippen LogP contribution in [-0.2, 0) is 24.2 Å². The van der Waals surface area contributed by atoms with E-state index in [2.05, 4.69) is 32.7 Å². The van der Waals surface area contributed by atoms with Crippen LogP contribution in [-0.4, -0.2) is 26.5 Å². The molecule has 4 rings (SSSR count). The quantitative estimate of drug-likeness (QED) is 0.584. The van der Waals surface area contributed by atoms with E-state index in [4.69, 9.17) is 5.73 Å². The molecule has 1 aliphatic rings. The van der Waals surface area contributed by atoms with Gasteiger partial charge in [-0.15, -0.1) is 0 Å². The van der Waals surface area contributed by atoms with Crippen molar-refractivity contribution in [2.75, 3.05) is 11.1 Å². The second kappa shape index (κ2) is 8.22. The molecule has 31 heavy (non-hydrogen) atoms. The maximum atomic E-state index is 13.4. The Kier molecular flexibility index (Phi) is 5.46. The Hall–Kier alpha value is -3.68. The number of nitrogens with zero attached hydrogens (tertiary/aromatic N) is 3. The first-order chi connectivity index (χ1) is 14.8. The summed E-state index contributed by atoms with van der Waals surface area (Å²) in [7, 11) is 0. The predicted octanol–water partition coefficient (Wildman–Crippen LogP) is 2.04. The van der Waals surface area contributed by atoms with Gasteiger partial charge < -0.3 is 16.4 Å². The zero-order chi connectivity index (χ0) is 22.1. The number of carbonyl (C=O) groups excluding carboxylic acids is 1. The first-order valence-corrected chi connectivity index (χ1v) is 10.3. The molecule has 2 aromatic heterocycles. The Bertz CT molecular complexity index is 1190. The van der Waals surface area contributed by atoms with Gasteiger partial charge >= 0.3 is 0 Å². The van der Waals surface area contributed by atoms with E-state index in [9.17, 15) is 9.59 Å². The van der Waals surface area contributed by atoms with Crippen molar-refractivity contribution in [3.05, 3.63) is 75.0 Å². The molecular formula is C23H26N6O2. The van der Waals surface area contributed by atoms with Crippen molar-refractivity contribution < 1.29 is 4.79 Å². The van der Waals surface area contributed by atoms with Crippen molar-refractivity contribution in [1.82, 2.24) is 19.9 Å². The first-order valence-electron chi connectivity index (χ1n) is 10.3. The standard InChI is InChI=1S/C23H26N6O2/c1-13-11-26-22(28-19-8-16-6-4-5-7-17(16)9-19)23(31)29(13)20-10-18(12-25-15(3)30)14(2)27-21(20)24/h4-7,10-11,19H,8-9,12H2,1-3H3,(H2,24,27)(H,25,30)(H,26,28). The van der Waals surface area contributed by atoms with Gasteiger partial charge in [-0.3, -0.25) is 14.2 Å². The zero-order valence-electron chi connectivity index (χ0n) is 17.9. The second-order valence-electron chi connectivity index (χ2n) is 7.95. The summed E-state index contributed by atoms with van der Waals surface area (Å²) < 4.78 is 1.52. The van der Waals surface area contributed by atoms with Crippen LogP contribution in [0.4, 0.5) is 11.6 Å². The maximum Gasteiger partial charge on any atom is 0.298 e. The fourth-order valence-electron chi connectivity index (χ4n) is 4.02. The Morgan fingerprint density at radius 1 is 1.23 bits per heavy atom. The van der Waals surface area contributed by atoms with Gasteiger partial charge in [0, 0.05) is 37.1 Å². The van der Waals surface area contributed by atoms with Crippen LogP contribution in [0.1, 0.15) is 35.0 Å². The lowest BCUT2D eigenvalue weighted by atomic mass is 10.1. The highest BCUT2D eigenvalue weighted by atomic mass is 16.1. The van der Waals surface area contributed by atoms with Crippen molar-refractivity contribution in [3.8, 4) is 5.69 Å². The lowest BCUT2D eigenvalue weighted by Gasteiger charge is -2.18. The van der Waals surface area contributed by atoms with Gasteiger partial charge in [-0.05, 0) is 49.4 Å². The topological polar surface area (TPSA) is 115 Å². The molecule has 0 atom stereocenters. The fraction of sp³-hybridized carbons (Fsp3) is 0.304. The van der Waals surface area contributed by atoms with Gasteiger partial charge in [-0.2, -0.15) is 0 Å². The normalized spacial score (nSPS) is 13.1. The van der Waals surface area contributed by atoms with E-state index < -0.39 is 0 Å². The van der Waals surface area contributed by atoms with Gasteiger partial charge in [-0.1, -0.05) is 24.3 Å². The number of hydrogen-bond acceptors (Lipinski definition) is 6. The molecular weight excluding hydrogens is 392 g/mol. The Balaban J connectivity index is 1.68. The monoisotopic (exact) mass is 418 g/mol. The predicted molar refractivity (Wildman–Crippen MR) is 120 cm³/mol. The number of nitrogens with two attached hydrogens (primary N) is 1. The molecule has 0 fully saturated rings. The average molecular weight is 419 g/mol. The minimum Gasteiger partial charge on any atom is -0.382 e. The van der Waals surface area contributed by atoms with Crippen molar-refractivity contribution in [1.29, 1.82) is 0 Å². The third-order valence-electron chi connectivity index (χ3n) is 5.63. The van der Waals surface area contributed by atoms with E-state index in [1.54, 1.807) is 19.2 Å². The number of amides is 1. The highest BCUT2D eigenvalue weighted by Gasteiger charge is 2.23. The van der Waals surface area contributed by atoms with E-state index in [0.717, 1.165) is 18.4 Å². The van der Waals surface area contributed by atoms with Crippen LogP contribution in [0.15, 0.2) is 41.3 Å². The minimum atomic E-state index is -0.279. The van der Waals surface area contributed by atoms with Gasteiger partial charge in [0.2, 0.25) is 5.91 Å². The molecule has 1 amide bonds. The molecule has 0 saturated carbocycles. The van der Waals surface area contributed by atoms with Crippen LogP contribution in [0.5, 0.6) is 0 Å². The summed E-state index contributed by atoms with van der Waals surface area (Å²) in [6.45, 7) is 5.39. The van der Waals surface area contributed by atoms with Crippen LogP contribution < -0.4 is 21.9 Å². The highest BCUT2D eigenvalue weighted by molar-refractivity contribution is 5.73. The lowest BCUT2D eigenvalue weighted by Crippen LogP contribution is -2.31. The molecule has 3 aromatic rings. The number of rotatable bonds is 5. The van der Waals surface area contributed by atoms with Crippen molar-refractivity contribution in [2.24, 2.45) is 0 Å². The number of nitrogen functional groups attached to an aromatic ring is 1. The largest absolute Gasteiger partial charge is 0.382 e. The molecule has 0 aliphatic heterocycles. The molecule has 0 bridgehead atoms. The van der Waals surface area contributed by atoms with Gasteiger partial charge in [0.1, 0.15) is 5.82 Å². The SMILES string of the molecule is CC(=O)NCc1cc(-n2c(C)cnc(NC3Cc4ccccc4C3)c2=O)c(N)nc1C. The van der Waals surface area contributed by atoms with Crippen LogP contribution in [0.25, 0.3) is 5.69 Å². The van der Waals surface area contributed by atoms with Crippen molar-refractivity contribution in [2.45, 2.75) is 46.2 Å². The number of fused-ring (bicyclic) bond motifs is 1. The molecule has 4 N–H and O–H groups in total. The number of carbonyl (C=O) groups is 1. The third kappa shape index (κ3) is 4.14. The van der Waals surface area contributed by atoms with Gasteiger partial charge in [0.15, 0.2) is 5.82 Å². The Labute approximate surface area is 180 Å². The number of pyridine rings is 1. The second-order valence-corrected chi connectivity index (χ2v) is 7.95. The van der Waals surface area contributed by atoms with E-state index in [-0.39, 0.29) is 29.1 Å². The molecule has 0 radical (unpaired) electrons. The lowest BCUT2D eigenvalue weighted by molar-refractivity contribution is -0.119. The van der Waals surface area contributed by atoms with E-state index in [1.165, 1.54) is 22.6 Å². The molecule has 2 heterocycles. The molecule has 160 valence electrons. The molecule has 0 spiro atoms. The number of aryl methyl sites for hydroxylation is 2. The average Bonchev–Trinajstić information content (AvgIpc) is 3.13. The number of aromatic nitrogens is 3. The van der Waals surface area contributed by atoms with Gasteiger partial charge in [0.05, 0.1) is 5.69 Å². The third-order valence-corrected chi connectivity index (χ3v) is 5.63. The smallest absolute Gasteiger partial charge is 0.298 e. The molecule has 8 heteroatoms. The summed E-state index contributed by atoms with van der Waals surface area (Å²) >= 11 is 0. The number of anilines is 2. The summed E-state index contributed by atoms with van der Waals surface area (Å²) in [6.07, 6.45) is 3.35. The minimum absolute atomic E-state index is 0.109. The first kappa shape index (κ1) is 20.6. The fourth-order valence-corrected chi connectivity index (χ4v) is 4.02. The van der Waals surface area contributed by atoms with Crippen molar-refractivity contribution >= 4 is 17.5 Å². The molecule has 8 nitrogen and oxygen atoms in total. The maximum absolute atomic E-state index is 13.4. The zero-order valence-corrected chi connectivity index (χ0v) is 17.9. The van der Waals surface area contributed by atoms with Crippen LogP contribution in [0.2, 0.25) is 0 Å². The number of nitrogens with one attached hydrogen (secondary N) is 2. The number of hydrogen-bond donors (Lipinski definition) is 3. The number of benzene rings is 1. The summed E-state index contributed by atoms with van der Waals surface area (Å²) in [5, 5.41) is 6.08. The molecule has 0 unspecified atom stereocenters. The van der Waals surface area contributed by atoms with E-state index in [1.807, 2.05) is 19.1 Å². The Morgan fingerprint density at radius 2 is 1.90 bits per heavy atom. The summed E-state index contributed by atoms with van der Waals surface area (Å²) in [5.41, 5.74) is 11.1. The molecule has 1 aliphatic carbocycles. The summed E-state index contributed by atoms with van der Waals surface area (Å²) in [5.74, 6) is 0.394. The summed E-state index contributed by atoms with van der Waals surface area (Å²) in [4.78, 5) is 33.4. The van der Waals surface area contributed by atoms with Crippen LogP contribution >= 0.6 is 0 Å². The van der Waals surface area contributed by atoms with Gasteiger partial charge in [0.25, 0.3) is 5.56 Å². The Morgan fingerprint density at radius 3 is 2.55 bits per heavy atom. The van der Waals surface area contributed by atoms with Crippen LogP contribution in [0, 0.1) is 13.8 Å². The summed E-state index contributed by atoms with van der Waals surface area (Å²) in [6, 6.07) is 10.2. The van der Waals surface area contributed by atoms with Gasteiger partial charge in [-0.25, -0.2) is 9.97 Å². The van der Waals surface area contributed by atoms with Crippen molar-refractivity contribution in [3.63, 3.8) is 0 Å². The van der Waals surface area contributed by atoms with Crippen LogP contribution in [0.3, 0.4) is 0 Å². The highest BCUT2D eigenvalue weighted by Crippen LogP contribution is 2.24.